The Balaban J connectivity index is 2.50. The minimum absolute atomic E-state index is 0.0994. The highest BCUT2D eigenvalue weighted by Gasteiger charge is 2.22. The zero-order valence-electron chi connectivity index (χ0n) is 9.73. The largest absolute Gasteiger partial charge is 0.378 e. The molecule has 2 heterocycles. The number of nitrogens with two attached hydrogens (primary N) is 1. The number of aromatic nitrogens is 4. The van der Waals surface area contributed by atoms with E-state index in [4.69, 9.17) is 11.0 Å². The van der Waals surface area contributed by atoms with Gasteiger partial charge in [0.05, 0.1) is 11.1 Å². The Labute approximate surface area is 106 Å². The van der Waals surface area contributed by atoms with Crippen LogP contribution >= 0.6 is 0 Å². The van der Waals surface area contributed by atoms with E-state index in [0.717, 1.165) is 6.33 Å². The van der Waals surface area contributed by atoms with Gasteiger partial charge in [-0.3, -0.25) is 14.8 Å². The molecular formula is C9H8N8O2. The fourth-order valence-electron chi connectivity index (χ4n) is 1.44. The molecule has 10 nitrogen and oxygen atoms in total. The monoisotopic (exact) mass is 260 g/mol. The van der Waals surface area contributed by atoms with E-state index in [1.54, 1.807) is 7.05 Å². The van der Waals surface area contributed by atoms with Crippen LogP contribution in [-0.4, -0.2) is 24.7 Å². The molecule has 0 saturated heterocycles. The van der Waals surface area contributed by atoms with Crippen molar-refractivity contribution < 1.29 is 4.92 Å². The Kier molecular flexibility index (Phi) is 2.95. The van der Waals surface area contributed by atoms with E-state index in [1.165, 1.54) is 10.9 Å². The van der Waals surface area contributed by atoms with Crippen LogP contribution in [0.2, 0.25) is 0 Å². The molecule has 96 valence electrons. The van der Waals surface area contributed by atoms with Crippen LogP contribution in [-0.2, 0) is 7.05 Å². The van der Waals surface area contributed by atoms with Crippen LogP contribution < -0.4 is 11.1 Å². The Hall–Kier alpha value is -3.22. The third-order valence-electron chi connectivity index (χ3n) is 2.33. The molecule has 0 unspecified atom stereocenters. The van der Waals surface area contributed by atoms with E-state index in [2.05, 4.69) is 20.4 Å². The highest BCUT2D eigenvalue weighted by molar-refractivity contribution is 5.73. The fourth-order valence-corrected chi connectivity index (χ4v) is 1.44. The molecule has 3 N–H and O–H groups in total. The quantitative estimate of drug-likeness (QED) is 0.591. The summed E-state index contributed by atoms with van der Waals surface area (Å²) in [6.45, 7) is 0. The zero-order chi connectivity index (χ0) is 14.0. The summed E-state index contributed by atoms with van der Waals surface area (Å²) in [5.41, 5.74) is 5.22. The van der Waals surface area contributed by atoms with Gasteiger partial charge in [0, 0.05) is 7.05 Å². The van der Waals surface area contributed by atoms with Gasteiger partial charge in [0.2, 0.25) is 11.6 Å². The molecule has 10 heteroatoms. The summed E-state index contributed by atoms with van der Waals surface area (Å²) >= 11 is 0. The third-order valence-corrected chi connectivity index (χ3v) is 2.33. The van der Waals surface area contributed by atoms with Crippen molar-refractivity contribution in [2.45, 2.75) is 0 Å². The van der Waals surface area contributed by atoms with Crippen LogP contribution in [0.15, 0.2) is 12.5 Å². The predicted octanol–water partition coefficient (Wildman–Crippen LogP) is 0.316. The van der Waals surface area contributed by atoms with Crippen molar-refractivity contribution in [2.24, 2.45) is 7.05 Å². The molecule has 0 bridgehead atoms. The summed E-state index contributed by atoms with van der Waals surface area (Å²) in [7, 11) is 1.58. The van der Waals surface area contributed by atoms with Crippen LogP contribution in [0, 0.1) is 21.4 Å². The van der Waals surface area contributed by atoms with E-state index in [-0.39, 0.29) is 23.0 Å². The molecular weight excluding hydrogens is 252 g/mol. The number of nitro groups is 1. The summed E-state index contributed by atoms with van der Waals surface area (Å²) in [4.78, 5) is 17.5. The van der Waals surface area contributed by atoms with Crippen molar-refractivity contribution in [3.63, 3.8) is 0 Å². The normalized spacial score (nSPS) is 9.89. The summed E-state index contributed by atoms with van der Waals surface area (Å²) in [5.74, 6) is -0.0792. The molecule has 0 atom stereocenters. The molecule has 0 aliphatic heterocycles. The number of anilines is 3. The first-order valence-corrected chi connectivity index (χ1v) is 4.98. The van der Waals surface area contributed by atoms with Gasteiger partial charge >= 0.3 is 5.69 Å². The van der Waals surface area contributed by atoms with Crippen molar-refractivity contribution in [1.82, 2.24) is 19.7 Å². The lowest BCUT2D eigenvalue weighted by atomic mass is 10.3. The van der Waals surface area contributed by atoms with Gasteiger partial charge in [-0.2, -0.15) is 10.4 Å². The lowest BCUT2D eigenvalue weighted by Gasteiger charge is -2.07. The molecule has 2 aromatic rings. The van der Waals surface area contributed by atoms with Gasteiger partial charge in [-0.25, -0.2) is 9.97 Å². The van der Waals surface area contributed by atoms with Gasteiger partial charge in [-0.15, -0.1) is 0 Å². The number of hydrogen-bond acceptors (Lipinski definition) is 8. The smallest absolute Gasteiger partial charge is 0.353 e. The van der Waals surface area contributed by atoms with E-state index >= 15 is 0 Å². The van der Waals surface area contributed by atoms with Crippen LogP contribution in [0.1, 0.15) is 5.56 Å². The van der Waals surface area contributed by atoms with Gasteiger partial charge in [0.25, 0.3) is 0 Å². The second-order valence-electron chi connectivity index (χ2n) is 3.48. The summed E-state index contributed by atoms with van der Waals surface area (Å²) in [6, 6.07) is 1.91. The standard InChI is InChI=1S/C9H8N8O2/c1-16-9(5(2-10)3-14-16)15-8-6(17(18)19)7(11)12-4-13-8/h3-4H,1H3,(H3,11,12,13,15). The number of nitrogens with one attached hydrogen (secondary N) is 1. The molecule has 0 radical (unpaired) electrons. The lowest BCUT2D eigenvalue weighted by molar-refractivity contribution is -0.383. The molecule has 19 heavy (non-hydrogen) atoms. The van der Waals surface area contributed by atoms with Crippen molar-refractivity contribution in [3.8, 4) is 6.07 Å². The number of nitrogen functional groups attached to an aromatic ring is 1. The molecule has 0 aliphatic carbocycles. The van der Waals surface area contributed by atoms with Crippen LogP contribution in [0.25, 0.3) is 0 Å². The fraction of sp³-hybridized carbons (Fsp3) is 0.111. The van der Waals surface area contributed by atoms with Gasteiger partial charge in [0.1, 0.15) is 23.8 Å². The first-order chi connectivity index (χ1) is 9.04. The topological polar surface area (TPSA) is 149 Å². The molecule has 2 rings (SSSR count). The van der Waals surface area contributed by atoms with Crippen molar-refractivity contribution in [2.75, 3.05) is 11.1 Å². The van der Waals surface area contributed by atoms with Crippen molar-refractivity contribution >= 4 is 23.1 Å². The van der Waals surface area contributed by atoms with Crippen LogP contribution in [0.4, 0.5) is 23.1 Å². The van der Waals surface area contributed by atoms with Gasteiger partial charge in [-0.05, 0) is 0 Å². The molecule has 0 spiro atoms. The van der Waals surface area contributed by atoms with E-state index < -0.39 is 10.6 Å². The SMILES string of the molecule is Cn1ncc(C#N)c1Nc1ncnc(N)c1[N+](=O)[O-]. The number of nitriles is 1. The average Bonchev–Trinajstić information content (AvgIpc) is 2.70. The lowest BCUT2D eigenvalue weighted by Crippen LogP contribution is -2.07. The number of nitrogens with zero attached hydrogens (tertiary/aromatic N) is 6. The van der Waals surface area contributed by atoms with Gasteiger partial charge in [0.15, 0.2) is 0 Å². The minimum Gasteiger partial charge on any atom is -0.378 e. The first kappa shape index (κ1) is 12.2. The van der Waals surface area contributed by atoms with Crippen molar-refractivity contribution in [3.05, 3.63) is 28.2 Å². The average molecular weight is 260 g/mol. The van der Waals surface area contributed by atoms with E-state index in [0.29, 0.717) is 0 Å². The number of aryl methyl sites for hydroxylation is 1. The number of rotatable bonds is 3. The van der Waals surface area contributed by atoms with Gasteiger partial charge < -0.3 is 11.1 Å². The molecule has 0 aliphatic rings. The van der Waals surface area contributed by atoms with Crippen molar-refractivity contribution in [1.29, 1.82) is 5.26 Å². The second kappa shape index (κ2) is 4.57. The molecule has 0 amide bonds. The van der Waals surface area contributed by atoms with Gasteiger partial charge in [-0.1, -0.05) is 0 Å². The zero-order valence-corrected chi connectivity index (χ0v) is 9.73. The minimum atomic E-state index is -0.694. The number of hydrogen-bond donors (Lipinski definition) is 2. The molecule has 0 saturated carbocycles. The summed E-state index contributed by atoms with van der Waals surface area (Å²) in [5, 5.41) is 26.4. The maximum atomic E-state index is 10.9. The summed E-state index contributed by atoms with van der Waals surface area (Å²) in [6.07, 6.45) is 2.42. The Morgan fingerprint density at radius 3 is 2.95 bits per heavy atom. The van der Waals surface area contributed by atoms with Crippen LogP contribution in [0.3, 0.4) is 0 Å². The molecule has 0 fully saturated rings. The van der Waals surface area contributed by atoms with E-state index in [1.807, 2.05) is 6.07 Å². The maximum absolute atomic E-state index is 10.9. The molecule has 0 aromatic carbocycles. The third kappa shape index (κ3) is 2.12. The first-order valence-electron chi connectivity index (χ1n) is 4.98. The Morgan fingerprint density at radius 1 is 1.58 bits per heavy atom. The Morgan fingerprint density at radius 2 is 2.32 bits per heavy atom. The molecule has 2 aromatic heterocycles. The maximum Gasteiger partial charge on any atom is 0.353 e. The Bertz CT molecular complexity index is 686. The highest BCUT2D eigenvalue weighted by atomic mass is 16.6. The predicted molar refractivity (Wildman–Crippen MR) is 64.3 cm³/mol. The van der Waals surface area contributed by atoms with E-state index in [9.17, 15) is 10.1 Å². The highest BCUT2D eigenvalue weighted by Crippen LogP contribution is 2.29. The van der Waals surface area contributed by atoms with Crippen LogP contribution in [0.5, 0.6) is 0 Å². The summed E-state index contributed by atoms with van der Waals surface area (Å²) < 4.78 is 1.36. The second-order valence-corrected chi connectivity index (χ2v) is 3.48.